The Bertz CT molecular complexity index is 246. The van der Waals surface area contributed by atoms with Gasteiger partial charge >= 0.3 is 0 Å². The lowest BCUT2D eigenvalue weighted by Gasteiger charge is -2.22. The van der Waals surface area contributed by atoms with Crippen molar-refractivity contribution in [3.8, 4) is 0 Å². The zero-order valence-electron chi connectivity index (χ0n) is 9.33. The van der Waals surface area contributed by atoms with Crippen molar-refractivity contribution in [2.45, 2.75) is 38.6 Å². The van der Waals surface area contributed by atoms with E-state index >= 15 is 0 Å². The number of nitrogens with zero attached hydrogens (tertiary/aromatic N) is 1. The molecule has 0 aromatic carbocycles. The molecule has 1 rings (SSSR count). The first-order chi connectivity index (χ1) is 6.79. The maximum Gasteiger partial charge on any atom is 0.0447 e. The van der Waals surface area contributed by atoms with Gasteiger partial charge < -0.3 is 5.32 Å². The summed E-state index contributed by atoms with van der Waals surface area (Å²) in [5, 5.41) is 3.36. The van der Waals surface area contributed by atoms with Crippen LogP contribution in [0.1, 0.15) is 38.3 Å². The van der Waals surface area contributed by atoms with Crippen LogP contribution in [0.25, 0.3) is 0 Å². The minimum absolute atomic E-state index is 0.487. The van der Waals surface area contributed by atoms with Gasteiger partial charge in [-0.3, -0.25) is 4.98 Å². The predicted octanol–water partition coefficient (Wildman–Crippen LogP) is 2.57. The molecule has 0 aliphatic rings. The Morgan fingerprint density at radius 2 is 2.21 bits per heavy atom. The Hall–Kier alpha value is -0.890. The highest BCUT2D eigenvalue weighted by atomic mass is 14.9. The van der Waals surface area contributed by atoms with Crippen LogP contribution in [0, 0.1) is 0 Å². The Morgan fingerprint density at radius 1 is 1.43 bits per heavy atom. The number of hydrogen-bond acceptors (Lipinski definition) is 2. The Morgan fingerprint density at radius 3 is 2.71 bits per heavy atom. The number of aromatic nitrogens is 1. The molecule has 0 aliphatic carbocycles. The topological polar surface area (TPSA) is 24.9 Å². The molecule has 1 heterocycles. The second kappa shape index (κ2) is 5.76. The van der Waals surface area contributed by atoms with Crippen LogP contribution in [-0.4, -0.2) is 18.1 Å². The fourth-order valence-corrected chi connectivity index (χ4v) is 1.81. The van der Waals surface area contributed by atoms with Crippen LogP contribution in [0.2, 0.25) is 0 Å². The van der Waals surface area contributed by atoms with Crippen molar-refractivity contribution in [1.82, 2.24) is 10.3 Å². The third kappa shape index (κ3) is 2.81. The highest BCUT2D eigenvalue weighted by Crippen LogP contribution is 2.19. The van der Waals surface area contributed by atoms with E-state index in [4.69, 9.17) is 0 Å². The van der Waals surface area contributed by atoms with Crippen LogP contribution < -0.4 is 5.32 Å². The lowest BCUT2D eigenvalue weighted by molar-refractivity contribution is 0.445. The van der Waals surface area contributed by atoms with Crippen molar-refractivity contribution in [3.63, 3.8) is 0 Å². The molecular weight excluding hydrogens is 172 g/mol. The first-order valence-electron chi connectivity index (χ1n) is 5.37. The summed E-state index contributed by atoms with van der Waals surface area (Å²) in [6.07, 6.45) is 4.28. The molecule has 0 spiro atoms. The zero-order chi connectivity index (χ0) is 10.4. The zero-order valence-corrected chi connectivity index (χ0v) is 9.33. The maximum atomic E-state index is 4.39. The monoisotopic (exact) mass is 192 g/mol. The molecule has 1 aromatic heterocycles. The van der Waals surface area contributed by atoms with Crippen LogP contribution in [0.4, 0.5) is 0 Å². The molecule has 0 amide bonds. The third-order valence-electron chi connectivity index (χ3n) is 2.73. The van der Waals surface area contributed by atoms with Crippen molar-refractivity contribution in [3.05, 3.63) is 30.1 Å². The van der Waals surface area contributed by atoms with Crippen molar-refractivity contribution in [2.24, 2.45) is 0 Å². The SMILES string of the molecule is CCCC(NC)C(C)c1ccccn1. The van der Waals surface area contributed by atoms with E-state index in [1.54, 1.807) is 0 Å². The van der Waals surface area contributed by atoms with Crippen molar-refractivity contribution < 1.29 is 0 Å². The van der Waals surface area contributed by atoms with Gasteiger partial charge in [0.25, 0.3) is 0 Å². The Balaban J connectivity index is 2.67. The minimum atomic E-state index is 0.487. The molecule has 0 saturated heterocycles. The van der Waals surface area contributed by atoms with Crippen LogP contribution in [0.3, 0.4) is 0 Å². The number of rotatable bonds is 5. The molecule has 2 heteroatoms. The maximum absolute atomic E-state index is 4.39. The summed E-state index contributed by atoms with van der Waals surface area (Å²) in [5.41, 5.74) is 1.18. The summed E-state index contributed by atoms with van der Waals surface area (Å²) >= 11 is 0. The molecule has 78 valence electrons. The first kappa shape index (κ1) is 11.2. The molecule has 14 heavy (non-hydrogen) atoms. The number of likely N-dealkylation sites (N-methyl/N-ethyl adjacent to an activating group) is 1. The van der Waals surface area contributed by atoms with E-state index in [0.717, 1.165) is 0 Å². The average Bonchev–Trinajstić information content (AvgIpc) is 2.26. The highest BCUT2D eigenvalue weighted by molar-refractivity contribution is 5.10. The lowest BCUT2D eigenvalue weighted by Crippen LogP contribution is -2.30. The smallest absolute Gasteiger partial charge is 0.0447 e. The largest absolute Gasteiger partial charge is 0.316 e. The summed E-state index contributed by atoms with van der Waals surface area (Å²) in [7, 11) is 2.03. The molecule has 1 aromatic rings. The van der Waals surface area contributed by atoms with Crippen LogP contribution in [-0.2, 0) is 0 Å². The van der Waals surface area contributed by atoms with Crippen molar-refractivity contribution in [2.75, 3.05) is 7.05 Å². The van der Waals surface area contributed by atoms with Crippen molar-refractivity contribution in [1.29, 1.82) is 0 Å². The molecule has 0 bridgehead atoms. The summed E-state index contributed by atoms with van der Waals surface area (Å²) < 4.78 is 0. The third-order valence-corrected chi connectivity index (χ3v) is 2.73. The number of pyridine rings is 1. The molecule has 0 aliphatic heterocycles. The van der Waals surface area contributed by atoms with E-state index in [-0.39, 0.29) is 0 Å². The summed E-state index contributed by atoms with van der Waals surface area (Å²) in [6, 6.07) is 6.65. The molecule has 2 atom stereocenters. The van der Waals surface area contributed by atoms with Gasteiger partial charge in [-0.1, -0.05) is 26.3 Å². The highest BCUT2D eigenvalue weighted by Gasteiger charge is 2.16. The van der Waals surface area contributed by atoms with E-state index in [1.165, 1.54) is 18.5 Å². The molecule has 2 nitrogen and oxygen atoms in total. The molecule has 0 saturated carbocycles. The van der Waals surface area contributed by atoms with E-state index in [1.807, 2.05) is 19.3 Å². The Labute approximate surface area is 86.8 Å². The van der Waals surface area contributed by atoms with Crippen LogP contribution in [0.15, 0.2) is 24.4 Å². The van der Waals surface area contributed by atoms with Gasteiger partial charge in [-0.2, -0.15) is 0 Å². The second-order valence-corrected chi connectivity index (χ2v) is 3.73. The summed E-state index contributed by atoms with van der Waals surface area (Å²) in [6.45, 7) is 4.45. The predicted molar refractivity (Wildman–Crippen MR) is 60.4 cm³/mol. The van der Waals surface area contributed by atoms with Gasteiger partial charge in [-0.05, 0) is 25.6 Å². The normalized spacial score (nSPS) is 15.1. The van der Waals surface area contributed by atoms with E-state index < -0.39 is 0 Å². The Kier molecular flexibility index (Phi) is 4.60. The summed E-state index contributed by atoms with van der Waals surface area (Å²) in [5.74, 6) is 0.487. The molecular formula is C12H20N2. The van der Waals surface area contributed by atoms with E-state index in [2.05, 4.69) is 36.3 Å². The van der Waals surface area contributed by atoms with E-state index in [0.29, 0.717) is 12.0 Å². The van der Waals surface area contributed by atoms with Crippen LogP contribution >= 0.6 is 0 Å². The second-order valence-electron chi connectivity index (χ2n) is 3.73. The standard InChI is InChI=1S/C12H20N2/c1-4-7-11(13-3)10(2)12-8-5-6-9-14-12/h5-6,8-11,13H,4,7H2,1-3H3. The van der Waals surface area contributed by atoms with Gasteiger partial charge in [0.1, 0.15) is 0 Å². The quantitative estimate of drug-likeness (QED) is 0.775. The summed E-state index contributed by atoms with van der Waals surface area (Å²) in [4.78, 5) is 4.39. The number of hydrogen-bond donors (Lipinski definition) is 1. The van der Waals surface area contributed by atoms with Crippen LogP contribution in [0.5, 0.6) is 0 Å². The van der Waals surface area contributed by atoms with Gasteiger partial charge in [0, 0.05) is 23.9 Å². The minimum Gasteiger partial charge on any atom is -0.316 e. The van der Waals surface area contributed by atoms with Gasteiger partial charge in [0.2, 0.25) is 0 Å². The van der Waals surface area contributed by atoms with Gasteiger partial charge in [0.15, 0.2) is 0 Å². The fourth-order valence-electron chi connectivity index (χ4n) is 1.81. The van der Waals surface area contributed by atoms with Gasteiger partial charge in [0.05, 0.1) is 0 Å². The van der Waals surface area contributed by atoms with Gasteiger partial charge in [-0.15, -0.1) is 0 Å². The fraction of sp³-hybridized carbons (Fsp3) is 0.583. The molecule has 2 unspecified atom stereocenters. The first-order valence-corrected chi connectivity index (χ1v) is 5.37. The van der Waals surface area contributed by atoms with Crippen molar-refractivity contribution >= 4 is 0 Å². The molecule has 0 fully saturated rings. The molecule has 0 radical (unpaired) electrons. The van der Waals surface area contributed by atoms with E-state index in [9.17, 15) is 0 Å². The van der Waals surface area contributed by atoms with Gasteiger partial charge in [-0.25, -0.2) is 0 Å². The molecule has 1 N–H and O–H groups in total. The average molecular weight is 192 g/mol. The lowest BCUT2D eigenvalue weighted by atomic mass is 9.94. The number of nitrogens with one attached hydrogen (secondary N) is 1.